The molecule has 2 rings (SSSR count). The Labute approximate surface area is 102 Å². The van der Waals surface area contributed by atoms with Crippen molar-refractivity contribution in [3.8, 4) is 0 Å². The molecular weight excluding hydrogens is 238 g/mol. The molecule has 0 saturated carbocycles. The fraction of sp³-hybridized carbons (Fsp3) is 0.182. The van der Waals surface area contributed by atoms with Gasteiger partial charge in [-0.2, -0.15) is 0 Å². The number of hydrogen-bond donors (Lipinski definition) is 1. The van der Waals surface area contributed by atoms with Gasteiger partial charge in [-0.3, -0.25) is 10.1 Å². The van der Waals surface area contributed by atoms with Crippen molar-refractivity contribution in [3.05, 3.63) is 56.5 Å². The molecule has 0 spiro atoms. The van der Waals surface area contributed by atoms with Crippen LogP contribution in [0.2, 0.25) is 0 Å². The first-order valence-electron chi connectivity index (χ1n) is 5.08. The van der Waals surface area contributed by atoms with Crippen molar-refractivity contribution in [2.24, 2.45) is 0 Å². The fourth-order valence-corrected chi connectivity index (χ4v) is 2.02. The van der Waals surface area contributed by atoms with Crippen LogP contribution >= 0.6 is 11.3 Å². The predicted molar refractivity (Wildman–Crippen MR) is 65.8 cm³/mol. The maximum absolute atomic E-state index is 10.6. The van der Waals surface area contributed by atoms with E-state index < -0.39 is 0 Å². The van der Waals surface area contributed by atoms with Crippen molar-refractivity contribution < 1.29 is 4.92 Å². The summed E-state index contributed by atoms with van der Waals surface area (Å²) in [5.74, 6) is 0. The monoisotopic (exact) mass is 249 g/mol. The zero-order chi connectivity index (χ0) is 12.1. The van der Waals surface area contributed by atoms with E-state index in [1.807, 2.05) is 11.4 Å². The van der Waals surface area contributed by atoms with Gasteiger partial charge in [-0.1, -0.05) is 12.1 Å². The van der Waals surface area contributed by atoms with Crippen molar-refractivity contribution in [2.75, 3.05) is 0 Å². The number of thiazole rings is 1. The summed E-state index contributed by atoms with van der Waals surface area (Å²) in [4.78, 5) is 14.3. The highest BCUT2D eigenvalue weighted by molar-refractivity contribution is 7.09. The lowest BCUT2D eigenvalue weighted by atomic mass is 10.2. The lowest BCUT2D eigenvalue weighted by Crippen LogP contribution is -2.12. The second-order valence-corrected chi connectivity index (χ2v) is 4.44. The Bertz CT molecular complexity index is 499. The van der Waals surface area contributed by atoms with Crippen LogP contribution in [-0.4, -0.2) is 9.91 Å². The molecule has 0 saturated heterocycles. The standard InChI is InChI=1S/C11H11N3O2S/c15-14(16)10-3-1-2-9(6-10)7-12-8-11-13-4-5-17-11/h1-6,12H,7-8H2. The minimum atomic E-state index is -0.385. The van der Waals surface area contributed by atoms with Crippen LogP contribution in [0.25, 0.3) is 0 Å². The summed E-state index contributed by atoms with van der Waals surface area (Å²) in [6, 6.07) is 6.62. The minimum Gasteiger partial charge on any atom is -0.306 e. The number of nitrogens with zero attached hydrogens (tertiary/aromatic N) is 2. The van der Waals surface area contributed by atoms with Gasteiger partial charge in [-0.25, -0.2) is 4.98 Å². The van der Waals surface area contributed by atoms with Crippen molar-refractivity contribution in [1.82, 2.24) is 10.3 Å². The van der Waals surface area contributed by atoms with E-state index in [2.05, 4.69) is 10.3 Å². The Morgan fingerprint density at radius 1 is 1.41 bits per heavy atom. The molecule has 5 nitrogen and oxygen atoms in total. The smallest absolute Gasteiger partial charge is 0.269 e. The van der Waals surface area contributed by atoms with E-state index in [0.29, 0.717) is 13.1 Å². The van der Waals surface area contributed by atoms with Crippen LogP contribution in [0.3, 0.4) is 0 Å². The van der Waals surface area contributed by atoms with Crippen molar-refractivity contribution in [1.29, 1.82) is 0 Å². The number of nitrogens with one attached hydrogen (secondary N) is 1. The van der Waals surface area contributed by atoms with E-state index in [4.69, 9.17) is 0 Å². The molecule has 0 fully saturated rings. The third-order valence-corrected chi connectivity index (χ3v) is 2.99. The molecule has 0 unspecified atom stereocenters. The Kier molecular flexibility index (Phi) is 3.79. The Morgan fingerprint density at radius 3 is 3.00 bits per heavy atom. The molecule has 0 aliphatic rings. The van der Waals surface area contributed by atoms with Gasteiger partial charge in [0.15, 0.2) is 0 Å². The molecule has 1 N–H and O–H groups in total. The van der Waals surface area contributed by atoms with Crippen LogP contribution < -0.4 is 5.32 Å². The van der Waals surface area contributed by atoms with Gasteiger partial charge in [0.1, 0.15) is 5.01 Å². The number of nitro benzene ring substituents is 1. The summed E-state index contributed by atoms with van der Waals surface area (Å²) in [7, 11) is 0. The molecular formula is C11H11N3O2S. The Hall–Kier alpha value is -1.79. The number of rotatable bonds is 5. The van der Waals surface area contributed by atoms with Crippen molar-refractivity contribution in [2.45, 2.75) is 13.1 Å². The van der Waals surface area contributed by atoms with Crippen LogP contribution in [0.1, 0.15) is 10.6 Å². The fourth-order valence-electron chi connectivity index (χ4n) is 1.43. The van der Waals surface area contributed by atoms with Crippen LogP contribution in [-0.2, 0) is 13.1 Å². The van der Waals surface area contributed by atoms with E-state index >= 15 is 0 Å². The van der Waals surface area contributed by atoms with Crippen LogP contribution in [0.4, 0.5) is 5.69 Å². The first kappa shape index (κ1) is 11.7. The highest BCUT2D eigenvalue weighted by Crippen LogP contribution is 2.13. The van der Waals surface area contributed by atoms with E-state index in [9.17, 15) is 10.1 Å². The number of benzene rings is 1. The third-order valence-electron chi connectivity index (χ3n) is 2.21. The van der Waals surface area contributed by atoms with Crippen LogP contribution in [0, 0.1) is 10.1 Å². The van der Waals surface area contributed by atoms with E-state index in [1.54, 1.807) is 29.7 Å². The highest BCUT2D eigenvalue weighted by Gasteiger charge is 2.05. The summed E-state index contributed by atoms with van der Waals surface area (Å²) in [5.41, 5.74) is 1.02. The predicted octanol–water partition coefficient (Wildman–Crippen LogP) is 2.34. The lowest BCUT2D eigenvalue weighted by Gasteiger charge is -2.02. The van der Waals surface area contributed by atoms with Crippen molar-refractivity contribution >= 4 is 17.0 Å². The number of non-ortho nitro benzene ring substituents is 1. The quantitative estimate of drug-likeness (QED) is 0.652. The second-order valence-electron chi connectivity index (χ2n) is 3.46. The zero-order valence-electron chi connectivity index (χ0n) is 9.00. The second kappa shape index (κ2) is 5.51. The Balaban J connectivity index is 1.90. The molecule has 0 amide bonds. The van der Waals surface area contributed by atoms with Gasteiger partial charge in [0.25, 0.3) is 5.69 Å². The van der Waals surface area contributed by atoms with E-state index in [0.717, 1.165) is 10.6 Å². The molecule has 88 valence electrons. The molecule has 1 heterocycles. The molecule has 1 aromatic carbocycles. The summed E-state index contributed by atoms with van der Waals surface area (Å²) in [6.07, 6.45) is 1.76. The topological polar surface area (TPSA) is 68.1 Å². The largest absolute Gasteiger partial charge is 0.306 e. The highest BCUT2D eigenvalue weighted by atomic mass is 32.1. The van der Waals surface area contributed by atoms with Crippen LogP contribution in [0.5, 0.6) is 0 Å². The maximum atomic E-state index is 10.6. The van der Waals surface area contributed by atoms with Gasteiger partial charge < -0.3 is 5.32 Å². The molecule has 1 aromatic heterocycles. The molecule has 0 atom stereocenters. The minimum absolute atomic E-state index is 0.124. The molecule has 0 aliphatic heterocycles. The molecule has 6 heteroatoms. The Morgan fingerprint density at radius 2 is 2.29 bits per heavy atom. The van der Waals surface area contributed by atoms with Gasteiger partial charge >= 0.3 is 0 Å². The first-order chi connectivity index (χ1) is 8.25. The molecule has 0 radical (unpaired) electrons. The van der Waals surface area contributed by atoms with E-state index in [1.165, 1.54) is 6.07 Å². The van der Waals surface area contributed by atoms with Gasteiger partial charge in [-0.15, -0.1) is 11.3 Å². The summed E-state index contributed by atoms with van der Waals surface area (Å²) in [5, 5.41) is 16.7. The first-order valence-corrected chi connectivity index (χ1v) is 5.96. The van der Waals surface area contributed by atoms with Gasteiger partial charge in [-0.05, 0) is 5.56 Å². The maximum Gasteiger partial charge on any atom is 0.269 e. The van der Waals surface area contributed by atoms with Gasteiger partial charge in [0, 0.05) is 36.8 Å². The average Bonchev–Trinajstić information content (AvgIpc) is 2.82. The third kappa shape index (κ3) is 3.33. The molecule has 0 aliphatic carbocycles. The average molecular weight is 249 g/mol. The number of nitro groups is 1. The van der Waals surface area contributed by atoms with Gasteiger partial charge in [0.2, 0.25) is 0 Å². The summed E-state index contributed by atoms with van der Waals surface area (Å²) in [6.45, 7) is 1.28. The summed E-state index contributed by atoms with van der Waals surface area (Å²) < 4.78 is 0. The van der Waals surface area contributed by atoms with Gasteiger partial charge in [0.05, 0.1) is 4.92 Å². The number of hydrogen-bond acceptors (Lipinski definition) is 5. The molecule has 0 bridgehead atoms. The number of aromatic nitrogens is 1. The molecule has 2 aromatic rings. The SMILES string of the molecule is O=[N+]([O-])c1cccc(CNCc2nccs2)c1. The molecule has 17 heavy (non-hydrogen) atoms. The van der Waals surface area contributed by atoms with E-state index in [-0.39, 0.29) is 10.6 Å². The zero-order valence-corrected chi connectivity index (χ0v) is 9.81. The lowest BCUT2D eigenvalue weighted by molar-refractivity contribution is -0.384. The summed E-state index contributed by atoms with van der Waals surface area (Å²) >= 11 is 1.58. The van der Waals surface area contributed by atoms with Crippen LogP contribution in [0.15, 0.2) is 35.8 Å². The normalized spacial score (nSPS) is 10.4. The van der Waals surface area contributed by atoms with Crippen molar-refractivity contribution in [3.63, 3.8) is 0 Å².